The summed E-state index contributed by atoms with van der Waals surface area (Å²) in [6.45, 7) is 11.4. The van der Waals surface area contributed by atoms with Crippen molar-refractivity contribution in [1.82, 2.24) is 0 Å². The standard InChI is InChI=1S/C10H21N/c1-8(2)10(4)9(3)6-5-7-11/h9-10H,1,5-7,11H2,2-4H3. The maximum absolute atomic E-state index is 5.43. The zero-order chi connectivity index (χ0) is 8.85. The van der Waals surface area contributed by atoms with E-state index in [0.29, 0.717) is 5.92 Å². The summed E-state index contributed by atoms with van der Waals surface area (Å²) in [4.78, 5) is 0. The van der Waals surface area contributed by atoms with Gasteiger partial charge in [0.2, 0.25) is 0 Å². The monoisotopic (exact) mass is 155 g/mol. The predicted molar refractivity (Wildman–Crippen MR) is 51.4 cm³/mol. The largest absolute Gasteiger partial charge is 0.330 e. The lowest BCUT2D eigenvalue weighted by molar-refractivity contribution is 0.403. The van der Waals surface area contributed by atoms with Crippen molar-refractivity contribution in [3.8, 4) is 0 Å². The van der Waals surface area contributed by atoms with Gasteiger partial charge in [-0.25, -0.2) is 0 Å². The summed E-state index contributed by atoms with van der Waals surface area (Å²) < 4.78 is 0. The molecule has 0 saturated heterocycles. The quantitative estimate of drug-likeness (QED) is 0.607. The highest BCUT2D eigenvalue weighted by molar-refractivity contribution is 4.95. The summed E-state index contributed by atoms with van der Waals surface area (Å²) in [5.41, 5.74) is 6.72. The van der Waals surface area contributed by atoms with Gasteiger partial charge >= 0.3 is 0 Å². The smallest absolute Gasteiger partial charge is 0.00772 e. The van der Waals surface area contributed by atoms with Crippen LogP contribution in [-0.4, -0.2) is 6.54 Å². The molecular weight excluding hydrogens is 134 g/mol. The minimum Gasteiger partial charge on any atom is -0.330 e. The molecule has 0 aromatic rings. The Morgan fingerprint density at radius 2 is 2.00 bits per heavy atom. The van der Waals surface area contributed by atoms with Crippen LogP contribution in [0.1, 0.15) is 33.6 Å². The molecule has 0 fully saturated rings. The number of nitrogens with two attached hydrogens (primary N) is 1. The van der Waals surface area contributed by atoms with E-state index in [0.717, 1.165) is 18.9 Å². The van der Waals surface area contributed by atoms with Crippen LogP contribution in [0.15, 0.2) is 12.2 Å². The Morgan fingerprint density at radius 3 is 2.36 bits per heavy atom. The second-order valence-corrected chi connectivity index (χ2v) is 3.54. The average Bonchev–Trinajstić information content (AvgIpc) is 1.98. The van der Waals surface area contributed by atoms with Crippen LogP contribution in [0.4, 0.5) is 0 Å². The van der Waals surface area contributed by atoms with Gasteiger partial charge in [-0.2, -0.15) is 0 Å². The first kappa shape index (κ1) is 10.7. The van der Waals surface area contributed by atoms with Crippen molar-refractivity contribution in [2.75, 3.05) is 6.54 Å². The van der Waals surface area contributed by atoms with Crippen molar-refractivity contribution in [2.45, 2.75) is 33.6 Å². The van der Waals surface area contributed by atoms with E-state index >= 15 is 0 Å². The van der Waals surface area contributed by atoms with Gasteiger partial charge in [0.25, 0.3) is 0 Å². The highest BCUT2D eigenvalue weighted by atomic mass is 14.5. The van der Waals surface area contributed by atoms with Gasteiger partial charge in [0.1, 0.15) is 0 Å². The summed E-state index contributed by atoms with van der Waals surface area (Å²) in [6, 6.07) is 0. The van der Waals surface area contributed by atoms with Gasteiger partial charge in [-0.15, -0.1) is 0 Å². The maximum atomic E-state index is 5.43. The zero-order valence-electron chi connectivity index (χ0n) is 8.06. The van der Waals surface area contributed by atoms with E-state index in [1.807, 2.05) is 0 Å². The van der Waals surface area contributed by atoms with Crippen LogP contribution in [0.2, 0.25) is 0 Å². The van der Waals surface area contributed by atoms with E-state index < -0.39 is 0 Å². The molecule has 0 aliphatic carbocycles. The fraction of sp³-hybridized carbons (Fsp3) is 0.800. The fourth-order valence-electron chi connectivity index (χ4n) is 1.18. The summed E-state index contributed by atoms with van der Waals surface area (Å²) in [5.74, 6) is 1.37. The van der Waals surface area contributed by atoms with Gasteiger partial charge in [0.15, 0.2) is 0 Å². The molecule has 0 aromatic carbocycles. The zero-order valence-corrected chi connectivity index (χ0v) is 8.06. The number of hydrogen-bond donors (Lipinski definition) is 1. The normalized spacial score (nSPS) is 16.0. The second-order valence-electron chi connectivity index (χ2n) is 3.54. The molecule has 66 valence electrons. The molecule has 0 saturated carbocycles. The molecule has 2 unspecified atom stereocenters. The topological polar surface area (TPSA) is 26.0 Å². The molecule has 1 nitrogen and oxygen atoms in total. The molecular formula is C10H21N. The van der Waals surface area contributed by atoms with Crippen LogP contribution in [0.25, 0.3) is 0 Å². The van der Waals surface area contributed by atoms with Crippen molar-refractivity contribution in [2.24, 2.45) is 17.6 Å². The lowest BCUT2D eigenvalue weighted by Gasteiger charge is -2.19. The van der Waals surface area contributed by atoms with E-state index in [9.17, 15) is 0 Å². The summed E-state index contributed by atoms with van der Waals surface area (Å²) in [6.07, 6.45) is 2.36. The van der Waals surface area contributed by atoms with E-state index in [1.165, 1.54) is 12.0 Å². The Morgan fingerprint density at radius 1 is 1.45 bits per heavy atom. The van der Waals surface area contributed by atoms with Crippen LogP contribution >= 0.6 is 0 Å². The van der Waals surface area contributed by atoms with Crippen molar-refractivity contribution < 1.29 is 0 Å². The molecule has 2 atom stereocenters. The maximum Gasteiger partial charge on any atom is -0.00772 e. The van der Waals surface area contributed by atoms with Gasteiger partial charge < -0.3 is 5.73 Å². The van der Waals surface area contributed by atoms with Crippen LogP contribution in [0, 0.1) is 11.8 Å². The van der Waals surface area contributed by atoms with E-state index in [4.69, 9.17) is 5.73 Å². The molecule has 0 spiro atoms. The average molecular weight is 155 g/mol. The van der Waals surface area contributed by atoms with Crippen molar-refractivity contribution in [3.05, 3.63) is 12.2 Å². The summed E-state index contributed by atoms with van der Waals surface area (Å²) >= 11 is 0. The Labute approximate surface area is 70.7 Å². The van der Waals surface area contributed by atoms with Crippen molar-refractivity contribution >= 4 is 0 Å². The van der Waals surface area contributed by atoms with Crippen molar-refractivity contribution in [3.63, 3.8) is 0 Å². The van der Waals surface area contributed by atoms with Gasteiger partial charge in [-0.05, 0) is 38.1 Å². The Bertz CT molecular complexity index is 118. The van der Waals surface area contributed by atoms with E-state index in [-0.39, 0.29) is 0 Å². The first-order valence-corrected chi connectivity index (χ1v) is 4.45. The third kappa shape index (κ3) is 4.20. The summed E-state index contributed by atoms with van der Waals surface area (Å²) in [7, 11) is 0. The Hall–Kier alpha value is -0.300. The van der Waals surface area contributed by atoms with Gasteiger partial charge in [-0.1, -0.05) is 26.0 Å². The third-order valence-electron chi connectivity index (χ3n) is 2.49. The van der Waals surface area contributed by atoms with Gasteiger partial charge in [0, 0.05) is 0 Å². The molecule has 0 radical (unpaired) electrons. The minimum atomic E-state index is 0.640. The number of hydrogen-bond acceptors (Lipinski definition) is 1. The predicted octanol–water partition coefficient (Wildman–Crippen LogP) is 2.57. The first-order chi connectivity index (χ1) is 5.09. The molecule has 0 aliphatic rings. The summed E-state index contributed by atoms with van der Waals surface area (Å²) in [5, 5.41) is 0. The molecule has 0 rings (SSSR count). The first-order valence-electron chi connectivity index (χ1n) is 4.45. The Kier molecular flexibility index (Phi) is 5.22. The van der Waals surface area contributed by atoms with Gasteiger partial charge in [-0.3, -0.25) is 0 Å². The minimum absolute atomic E-state index is 0.640. The SMILES string of the molecule is C=C(C)C(C)C(C)CCCN. The highest BCUT2D eigenvalue weighted by Gasteiger charge is 2.11. The van der Waals surface area contributed by atoms with Gasteiger partial charge in [0.05, 0.1) is 0 Å². The van der Waals surface area contributed by atoms with Crippen LogP contribution < -0.4 is 5.73 Å². The lowest BCUT2D eigenvalue weighted by atomic mass is 9.87. The molecule has 2 N–H and O–H groups in total. The molecule has 0 aliphatic heterocycles. The van der Waals surface area contributed by atoms with Crippen LogP contribution in [-0.2, 0) is 0 Å². The molecule has 0 heterocycles. The fourth-order valence-corrected chi connectivity index (χ4v) is 1.18. The van der Waals surface area contributed by atoms with E-state index in [1.54, 1.807) is 0 Å². The molecule has 0 aromatic heterocycles. The third-order valence-corrected chi connectivity index (χ3v) is 2.49. The second kappa shape index (κ2) is 5.36. The Balaban J connectivity index is 3.63. The molecule has 11 heavy (non-hydrogen) atoms. The molecule has 0 bridgehead atoms. The number of allylic oxidation sites excluding steroid dienone is 1. The lowest BCUT2D eigenvalue weighted by Crippen LogP contribution is -2.10. The van der Waals surface area contributed by atoms with Crippen LogP contribution in [0.3, 0.4) is 0 Å². The molecule has 0 amide bonds. The van der Waals surface area contributed by atoms with E-state index in [2.05, 4.69) is 27.4 Å². The molecule has 1 heteroatoms. The number of rotatable bonds is 5. The van der Waals surface area contributed by atoms with Crippen LogP contribution in [0.5, 0.6) is 0 Å². The highest BCUT2D eigenvalue weighted by Crippen LogP contribution is 2.21. The van der Waals surface area contributed by atoms with Crippen molar-refractivity contribution in [1.29, 1.82) is 0 Å².